The van der Waals surface area contributed by atoms with Crippen molar-refractivity contribution in [2.24, 2.45) is 0 Å². The molecule has 0 heterocycles. The van der Waals surface area contributed by atoms with Crippen LogP contribution in [-0.2, 0) is 16.2 Å². The molecule has 1 unspecified atom stereocenters. The second kappa shape index (κ2) is 4.78. The van der Waals surface area contributed by atoms with Crippen molar-refractivity contribution in [3.05, 3.63) is 68.8 Å². The van der Waals surface area contributed by atoms with Crippen LogP contribution in [0.15, 0.2) is 24.3 Å². The molecule has 0 fully saturated rings. The molecule has 0 N–H and O–H groups in total. The lowest BCUT2D eigenvalue weighted by atomic mass is 9.72. The lowest BCUT2D eigenvalue weighted by Crippen LogP contribution is -2.27. The zero-order valence-electron chi connectivity index (χ0n) is 17.2. The number of rotatable bonds is 0. The van der Waals surface area contributed by atoms with Gasteiger partial charge in [-0.2, -0.15) is 0 Å². The molecule has 0 saturated carbocycles. The van der Waals surface area contributed by atoms with Gasteiger partial charge in [-0.15, -0.1) is 0 Å². The minimum atomic E-state index is 0.187. The molecule has 1 atom stereocenters. The number of hydrogen-bond acceptors (Lipinski definition) is 0. The monoisotopic (exact) mass is 332 g/mol. The van der Waals surface area contributed by atoms with Crippen LogP contribution < -0.4 is 0 Å². The van der Waals surface area contributed by atoms with Crippen molar-refractivity contribution in [1.82, 2.24) is 0 Å². The van der Waals surface area contributed by atoms with Crippen LogP contribution in [0.1, 0.15) is 85.0 Å². The van der Waals surface area contributed by atoms with Crippen LogP contribution in [0.5, 0.6) is 0 Å². The second-order valence-corrected chi connectivity index (χ2v) is 10.2. The fourth-order valence-corrected chi connectivity index (χ4v) is 6.30. The molecular weight excluding hydrogens is 300 g/mol. The van der Waals surface area contributed by atoms with Gasteiger partial charge in [-0.05, 0) is 90.3 Å². The van der Waals surface area contributed by atoms with Crippen LogP contribution in [-0.4, -0.2) is 0 Å². The largest absolute Gasteiger partial charge is 0.0561 e. The van der Waals surface area contributed by atoms with Gasteiger partial charge in [0.15, 0.2) is 0 Å². The highest BCUT2D eigenvalue weighted by molar-refractivity contribution is 5.62. The number of aryl methyl sites for hydroxylation is 4. The lowest BCUT2D eigenvalue weighted by molar-refractivity contribution is 0.349. The number of benzene rings is 2. The van der Waals surface area contributed by atoms with Crippen LogP contribution in [0.2, 0.25) is 0 Å². The van der Waals surface area contributed by atoms with Crippen molar-refractivity contribution in [1.29, 1.82) is 0 Å². The summed E-state index contributed by atoms with van der Waals surface area (Å²) in [5.41, 5.74) is 12.8. The topological polar surface area (TPSA) is 0 Å². The van der Waals surface area contributed by atoms with Crippen LogP contribution in [0.4, 0.5) is 0 Å². The van der Waals surface area contributed by atoms with Gasteiger partial charge in [0.05, 0.1) is 0 Å². The normalized spacial score (nSPS) is 25.3. The first-order valence-electron chi connectivity index (χ1n) is 9.72. The third-order valence-corrected chi connectivity index (χ3v) is 7.04. The Balaban J connectivity index is 2.09. The molecule has 2 aromatic carbocycles. The Morgan fingerprint density at radius 1 is 0.600 bits per heavy atom. The standard InChI is InChI=1S/C25H32/c1-15-9-18(4)22-21(10-15)25(14-24(22,7)8)13-23(5,6)19-11-16(2)17(3)12-20(19)25/h9-12H,13-14H2,1-8H3. The molecule has 4 rings (SSSR count). The summed E-state index contributed by atoms with van der Waals surface area (Å²) in [6.07, 6.45) is 2.47. The molecule has 0 nitrogen and oxygen atoms in total. The molecule has 0 aliphatic heterocycles. The maximum absolute atomic E-state index is 2.52. The van der Waals surface area contributed by atoms with Gasteiger partial charge in [-0.1, -0.05) is 57.5 Å². The van der Waals surface area contributed by atoms with Gasteiger partial charge < -0.3 is 0 Å². The van der Waals surface area contributed by atoms with E-state index in [4.69, 9.17) is 0 Å². The van der Waals surface area contributed by atoms with E-state index < -0.39 is 0 Å². The first-order chi connectivity index (χ1) is 11.5. The maximum atomic E-state index is 2.52. The van der Waals surface area contributed by atoms with E-state index in [1.807, 2.05) is 0 Å². The molecule has 0 amide bonds. The van der Waals surface area contributed by atoms with Gasteiger partial charge in [0.2, 0.25) is 0 Å². The van der Waals surface area contributed by atoms with Gasteiger partial charge in [0.1, 0.15) is 0 Å². The molecule has 0 bridgehead atoms. The van der Waals surface area contributed by atoms with Gasteiger partial charge in [0.25, 0.3) is 0 Å². The summed E-state index contributed by atoms with van der Waals surface area (Å²) in [4.78, 5) is 0. The molecule has 0 saturated heterocycles. The third kappa shape index (κ3) is 2.12. The zero-order valence-corrected chi connectivity index (χ0v) is 17.2. The lowest BCUT2D eigenvalue weighted by Gasteiger charge is -2.31. The summed E-state index contributed by atoms with van der Waals surface area (Å²) in [5, 5.41) is 0. The molecule has 1 spiro atoms. The van der Waals surface area contributed by atoms with Gasteiger partial charge in [0, 0.05) is 5.41 Å². The van der Waals surface area contributed by atoms with E-state index in [-0.39, 0.29) is 16.2 Å². The summed E-state index contributed by atoms with van der Waals surface area (Å²) >= 11 is 0. The van der Waals surface area contributed by atoms with E-state index in [9.17, 15) is 0 Å². The van der Waals surface area contributed by atoms with Crippen molar-refractivity contribution < 1.29 is 0 Å². The fourth-order valence-electron chi connectivity index (χ4n) is 6.30. The van der Waals surface area contributed by atoms with Gasteiger partial charge in [-0.25, -0.2) is 0 Å². The molecular formula is C25H32. The van der Waals surface area contributed by atoms with Crippen molar-refractivity contribution in [2.45, 2.75) is 84.5 Å². The molecule has 0 heteroatoms. The summed E-state index contributed by atoms with van der Waals surface area (Å²) in [6.45, 7) is 18.9. The Morgan fingerprint density at radius 2 is 1.16 bits per heavy atom. The van der Waals surface area contributed by atoms with Crippen molar-refractivity contribution in [3.63, 3.8) is 0 Å². The molecule has 0 aromatic heterocycles. The summed E-state index contributed by atoms with van der Waals surface area (Å²) < 4.78 is 0. The van der Waals surface area contributed by atoms with E-state index >= 15 is 0 Å². The summed E-state index contributed by atoms with van der Waals surface area (Å²) in [6, 6.07) is 9.87. The van der Waals surface area contributed by atoms with E-state index in [0.717, 1.165) is 0 Å². The minimum Gasteiger partial charge on any atom is -0.0561 e. The van der Waals surface area contributed by atoms with Crippen molar-refractivity contribution in [3.8, 4) is 0 Å². The van der Waals surface area contributed by atoms with Crippen LogP contribution in [0.25, 0.3) is 0 Å². The van der Waals surface area contributed by atoms with E-state index in [1.165, 1.54) is 35.1 Å². The molecule has 2 aliphatic rings. The SMILES string of the molecule is Cc1cc(C)c2c(c1)C1(CC(C)(C)c3cc(C)c(C)cc31)CC2(C)C. The highest BCUT2D eigenvalue weighted by Crippen LogP contribution is 2.63. The highest BCUT2D eigenvalue weighted by Gasteiger charge is 2.56. The molecule has 132 valence electrons. The predicted octanol–water partition coefficient (Wildman–Crippen LogP) is 6.57. The van der Waals surface area contributed by atoms with E-state index in [1.54, 1.807) is 22.3 Å². The number of fused-ring (bicyclic) bond motifs is 4. The predicted molar refractivity (Wildman–Crippen MR) is 108 cm³/mol. The van der Waals surface area contributed by atoms with Crippen molar-refractivity contribution in [2.75, 3.05) is 0 Å². The molecule has 2 aliphatic carbocycles. The first kappa shape index (κ1) is 16.9. The van der Waals surface area contributed by atoms with Gasteiger partial charge >= 0.3 is 0 Å². The highest BCUT2D eigenvalue weighted by atomic mass is 14.6. The average Bonchev–Trinajstić information content (AvgIpc) is 2.80. The second-order valence-electron chi connectivity index (χ2n) is 10.2. The third-order valence-electron chi connectivity index (χ3n) is 7.04. The Morgan fingerprint density at radius 3 is 1.80 bits per heavy atom. The van der Waals surface area contributed by atoms with Crippen LogP contribution in [0.3, 0.4) is 0 Å². The summed E-state index contributed by atoms with van der Waals surface area (Å²) in [7, 11) is 0. The maximum Gasteiger partial charge on any atom is 0.0225 e. The zero-order chi connectivity index (χ0) is 18.4. The molecule has 2 aromatic rings. The molecule has 0 radical (unpaired) electrons. The van der Waals surface area contributed by atoms with Crippen LogP contribution >= 0.6 is 0 Å². The van der Waals surface area contributed by atoms with E-state index in [2.05, 4.69) is 79.7 Å². The van der Waals surface area contributed by atoms with E-state index in [0.29, 0.717) is 0 Å². The quantitative estimate of drug-likeness (QED) is 0.512. The first-order valence-corrected chi connectivity index (χ1v) is 9.72. The fraction of sp³-hybridized carbons (Fsp3) is 0.520. The number of hydrogen-bond donors (Lipinski definition) is 0. The van der Waals surface area contributed by atoms with Crippen molar-refractivity contribution >= 4 is 0 Å². The van der Waals surface area contributed by atoms with Gasteiger partial charge in [-0.3, -0.25) is 0 Å². The Labute approximate surface area is 153 Å². The van der Waals surface area contributed by atoms with Crippen LogP contribution in [0, 0.1) is 27.7 Å². The molecule has 25 heavy (non-hydrogen) atoms. The Kier molecular flexibility index (Phi) is 3.23. The average molecular weight is 333 g/mol. The summed E-state index contributed by atoms with van der Waals surface area (Å²) in [5.74, 6) is 0. The Bertz CT molecular complexity index is 895. The minimum absolute atomic E-state index is 0.187. The Hall–Kier alpha value is -1.56. The smallest absolute Gasteiger partial charge is 0.0225 e.